The third-order valence-corrected chi connectivity index (χ3v) is 15.5. The van der Waals surface area contributed by atoms with Gasteiger partial charge in [0.05, 0.1) is 16.4 Å². The summed E-state index contributed by atoms with van der Waals surface area (Å²) in [5, 5.41) is 9.85. The average molecular weight is 941 g/mol. The van der Waals surface area contributed by atoms with E-state index in [4.69, 9.17) is 15.0 Å². The molecule has 15 rings (SSSR count). The summed E-state index contributed by atoms with van der Waals surface area (Å²) < 4.78 is 2.40. The van der Waals surface area contributed by atoms with Crippen LogP contribution in [-0.2, 0) is 5.41 Å². The minimum absolute atomic E-state index is 0.578. The fourth-order valence-electron chi connectivity index (χ4n) is 12.3. The summed E-state index contributed by atoms with van der Waals surface area (Å²) in [6, 6.07) is 96.6. The Morgan fingerprint density at radius 3 is 1.32 bits per heavy atom. The monoisotopic (exact) mass is 940 g/mol. The second-order valence-corrected chi connectivity index (χ2v) is 19.5. The quantitative estimate of drug-likeness (QED) is 0.150. The molecule has 0 amide bonds. The van der Waals surface area contributed by atoms with Gasteiger partial charge in [0.1, 0.15) is 0 Å². The molecule has 0 N–H and O–H groups in total. The molecule has 14 aromatic rings. The lowest BCUT2D eigenvalue weighted by molar-refractivity contribution is 0.768. The summed E-state index contributed by atoms with van der Waals surface area (Å²) in [4.78, 5) is 16.3. The zero-order valence-corrected chi connectivity index (χ0v) is 40.2. The van der Waals surface area contributed by atoms with Crippen LogP contribution in [0, 0.1) is 0 Å². The molecule has 0 spiro atoms. The van der Waals surface area contributed by atoms with Gasteiger partial charge in [0.15, 0.2) is 17.5 Å². The highest BCUT2D eigenvalue weighted by atomic mass is 15.0. The molecule has 2 heterocycles. The first kappa shape index (κ1) is 42.0. The molecule has 4 nitrogen and oxygen atoms in total. The fourth-order valence-corrected chi connectivity index (χ4v) is 12.3. The highest BCUT2D eigenvalue weighted by Crippen LogP contribution is 2.56. The van der Waals surface area contributed by atoms with Gasteiger partial charge in [-0.2, -0.15) is 0 Å². The first-order valence-corrected chi connectivity index (χ1v) is 25.3. The summed E-state index contributed by atoms with van der Waals surface area (Å²) in [7, 11) is 0. The van der Waals surface area contributed by atoms with Crippen molar-refractivity contribution in [2.45, 2.75) is 5.41 Å². The van der Waals surface area contributed by atoms with E-state index >= 15 is 0 Å². The van der Waals surface area contributed by atoms with Crippen molar-refractivity contribution in [2.24, 2.45) is 0 Å². The maximum Gasteiger partial charge on any atom is 0.164 e. The number of nitrogens with zero attached hydrogens (tertiary/aromatic N) is 4. The maximum absolute atomic E-state index is 5.54. The van der Waals surface area contributed by atoms with Gasteiger partial charge < -0.3 is 4.57 Å². The molecule has 0 fully saturated rings. The zero-order chi connectivity index (χ0) is 48.7. The number of aromatic nitrogens is 4. The Morgan fingerprint density at radius 2 is 0.703 bits per heavy atom. The number of fused-ring (bicyclic) bond motifs is 12. The minimum atomic E-state index is -0.578. The second-order valence-electron chi connectivity index (χ2n) is 19.5. The van der Waals surface area contributed by atoms with Gasteiger partial charge in [0.2, 0.25) is 0 Å². The van der Waals surface area contributed by atoms with Crippen LogP contribution in [0.5, 0.6) is 0 Å². The van der Waals surface area contributed by atoms with Crippen LogP contribution >= 0.6 is 0 Å². The third kappa shape index (κ3) is 6.38. The molecule has 0 saturated carbocycles. The maximum atomic E-state index is 5.54. The standard InChI is InChI=1S/C70H44N4/c1-4-20-45(21-5-1)67-71-68(47-37-39-59-58-30-14-17-33-63(58)70(64(59)44-47,50-22-6-2-7-23-50)51-24-8-3-9-25-51)73-69(72-67)49-40-48(41-52(42-49)74-65-34-18-15-31-60(65)61-32-16-19-35-66(61)74)46-36-38-57-55-28-11-10-26-53(55)54-27-12-13-29-56(54)62(57)43-46/h1-44H. The minimum Gasteiger partial charge on any atom is -0.309 e. The molecule has 4 heteroatoms. The van der Waals surface area contributed by atoms with Gasteiger partial charge in [-0.05, 0) is 119 Å². The summed E-state index contributed by atoms with van der Waals surface area (Å²) >= 11 is 0. The number of benzene rings is 12. The summed E-state index contributed by atoms with van der Waals surface area (Å²) in [6.45, 7) is 0. The van der Waals surface area contributed by atoms with Crippen molar-refractivity contribution in [1.29, 1.82) is 0 Å². The average Bonchev–Trinajstić information content (AvgIpc) is 4.04. The van der Waals surface area contributed by atoms with E-state index < -0.39 is 5.41 Å². The van der Waals surface area contributed by atoms with Crippen molar-refractivity contribution >= 4 is 54.1 Å². The van der Waals surface area contributed by atoms with E-state index in [0.717, 1.165) is 44.5 Å². The number of hydrogen-bond donors (Lipinski definition) is 0. The molecule has 74 heavy (non-hydrogen) atoms. The Morgan fingerprint density at radius 1 is 0.257 bits per heavy atom. The molecular weight excluding hydrogens is 897 g/mol. The van der Waals surface area contributed by atoms with E-state index in [0.29, 0.717) is 17.5 Å². The predicted molar refractivity (Wildman–Crippen MR) is 306 cm³/mol. The van der Waals surface area contributed by atoms with Crippen molar-refractivity contribution in [1.82, 2.24) is 19.5 Å². The van der Waals surface area contributed by atoms with Crippen LogP contribution in [0.4, 0.5) is 0 Å². The molecule has 0 unspecified atom stereocenters. The van der Waals surface area contributed by atoms with Gasteiger partial charge in [0, 0.05) is 33.2 Å². The van der Waals surface area contributed by atoms with Crippen molar-refractivity contribution in [3.8, 4) is 62.1 Å². The van der Waals surface area contributed by atoms with Crippen LogP contribution < -0.4 is 0 Å². The van der Waals surface area contributed by atoms with Gasteiger partial charge in [0.25, 0.3) is 0 Å². The third-order valence-electron chi connectivity index (χ3n) is 15.5. The van der Waals surface area contributed by atoms with E-state index in [9.17, 15) is 0 Å². The SMILES string of the molecule is c1ccc(-c2nc(-c3cc(-c4ccc5c6ccccc6c6ccccc6c5c4)cc(-n4c5ccccc5c5ccccc54)c3)nc(-c3ccc4c(c3)C(c3ccccc3)(c3ccccc3)c3ccccc3-4)n2)cc1. The van der Waals surface area contributed by atoms with Crippen LogP contribution in [0.3, 0.4) is 0 Å². The van der Waals surface area contributed by atoms with E-state index in [-0.39, 0.29) is 0 Å². The molecule has 0 bridgehead atoms. The Balaban J connectivity index is 0.990. The molecule has 0 saturated heterocycles. The first-order chi connectivity index (χ1) is 36.7. The lowest BCUT2D eigenvalue weighted by Gasteiger charge is -2.34. The Labute approximate surface area is 428 Å². The van der Waals surface area contributed by atoms with Crippen molar-refractivity contribution in [2.75, 3.05) is 0 Å². The summed E-state index contributed by atoms with van der Waals surface area (Å²) in [6.07, 6.45) is 0. The van der Waals surface area contributed by atoms with E-state index in [1.54, 1.807) is 0 Å². The van der Waals surface area contributed by atoms with Crippen LogP contribution in [-0.4, -0.2) is 19.5 Å². The lowest BCUT2D eigenvalue weighted by Crippen LogP contribution is -2.28. The lowest BCUT2D eigenvalue weighted by atomic mass is 9.67. The van der Waals surface area contributed by atoms with Crippen LogP contribution in [0.15, 0.2) is 267 Å². The Hall–Kier alpha value is -9.77. The van der Waals surface area contributed by atoms with Crippen molar-refractivity contribution < 1.29 is 0 Å². The smallest absolute Gasteiger partial charge is 0.164 e. The molecule has 344 valence electrons. The summed E-state index contributed by atoms with van der Waals surface area (Å²) in [5.41, 5.74) is 14.9. The largest absolute Gasteiger partial charge is 0.309 e. The molecule has 0 aliphatic heterocycles. The van der Waals surface area contributed by atoms with Crippen LogP contribution in [0.2, 0.25) is 0 Å². The van der Waals surface area contributed by atoms with Crippen LogP contribution in [0.25, 0.3) is 116 Å². The normalized spacial score (nSPS) is 12.7. The topological polar surface area (TPSA) is 43.6 Å². The van der Waals surface area contributed by atoms with Gasteiger partial charge in [-0.3, -0.25) is 0 Å². The van der Waals surface area contributed by atoms with Crippen molar-refractivity contribution in [3.05, 3.63) is 289 Å². The highest BCUT2D eigenvalue weighted by Gasteiger charge is 2.46. The number of hydrogen-bond acceptors (Lipinski definition) is 3. The predicted octanol–water partition coefficient (Wildman–Crippen LogP) is 17.5. The number of rotatable bonds is 7. The van der Waals surface area contributed by atoms with Gasteiger partial charge in [-0.1, -0.05) is 224 Å². The fraction of sp³-hybridized carbons (Fsp3) is 0.0143. The molecule has 1 aliphatic carbocycles. The van der Waals surface area contributed by atoms with Gasteiger partial charge in [-0.15, -0.1) is 0 Å². The molecule has 2 aromatic heterocycles. The molecular formula is C70H44N4. The van der Waals surface area contributed by atoms with Crippen LogP contribution in [0.1, 0.15) is 22.3 Å². The molecule has 0 atom stereocenters. The number of para-hydroxylation sites is 2. The van der Waals surface area contributed by atoms with Crippen molar-refractivity contribution in [3.63, 3.8) is 0 Å². The summed E-state index contributed by atoms with van der Waals surface area (Å²) in [5.74, 6) is 1.81. The second kappa shape index (κ2) is 16.7. The molecule has 0 radical (unpaired) electrons. The van der Waals surface area contributed by atoms with Gasteiger partial charge >= 0.3 is 0 Å². The first-order valence-electron chi connectivity index (χ1n) is 25.3. The van der Waals surface area contributed by atoms with E-state index in [1.165, 1.54) is 76.5 Å². The van der Waals surface area contributed by atoms with Gasteiger partial charge in [-0.25, -0.2) is 15.0 Å². The molecule has 1 aliphatic rings. The molecule has 12 aromatic carbocycles. The van der Waals surface area contributed by atoms with E-state index in [2.05, 4.69) is 253 Å². The van der Waals surface area contributed by atoms with E-state index in [1.807, 2.05) is 18.2 Å². The highest BCUT2D eigenvalue weighted by molar-refractivity contribution is 6.25. The zero-order valence-electron chi connectivity index (χ0n) is 40.2. The Bertz CT molecular complexity index is 4410. The Kier molecular flexibility index (Phi) is 9.45.